The second kappa shape index (κ2) is 7.00. The van der Waals surface area contributed by atoms with Gasteiger partial charge in [0.2, 0.25) is 0 Å². The van der Waals surface area contributed by atoms with Gasteiger partial charge in [0.25, 0.3) is 0 Å². The molecule has 1 aromatic carbocycles. The van der Waals surface area contributed by atoms with Crippen LogP contribution in [0.1, 0.15) is 12.0 Å². The number of carbonyl (C=O) groups excluding carboxylic acids is 1. The lowest BCUT2D eigenvalue weighted by molar-refractivity contribution is 0.238. The number of hydrogen-bond acceptors (Lipinski definition) is 4. The van der Waals surface area contributed by atoms with E-state index in [0.717, 1.165) is 17.7 Å². The highest BCUT2D eigenvalue weighted by molar-refractivity contribution is 7.91. The van der Waals surface area contributed by atoms with Crippen molar-refractivity contribution in [2.75, 3.05) is 37.0 Å². The van der Waals surface area contributed by atoms with Crippen LogP contribution in [-0.2, 0) is 16.3 Å². The maximum atomic E-state index is 11.7. The summed E-state index contributed by atoms with van der Waals surface area (Å²) in [4.78, 5) is 13.8. The molecule has 0 saturated carbocycles. The summed E-state index contributed by atoms with van der Waals surface area (Å²) < 4.78 is 22.6. The van der Waals surface area contributed by atoms with Crippen LogP contribution in [0.25, 0.3) is 0 Å². The fraction of sp³-hybridized carbons (Fsp3) is 0.533. The molecule has 6 nitrogen and oxygen atoms in total. The van der Waals surface area contributed by atoms with Gasteiger partial charge in [-0.3, -0.25) is 0 Å². The van der Waals surface area contributed by atoms with Crippen LogP contribution in [0.2, 0.25) is 0 Å². The van der Waals surface area contributed by atoms with Gasteiger partial charge in [-0.2, -0.15) is 0 Å². The van der Waals surface area contributed by atoms with E-state index in [1.807, 2.05) is 43.3 Å². The molecule has 0 aliphatic carbocycles. The summed E-state index contributed by atoms with van der Waals surface area (Å²) in [6.45, 7) is 0.520. The maximum Gasteiger partial charge on any atom is 0.315 e. The fourth-order valence-corrected chi connectivity index (χ4v) is 4.10. The lowest BCUT2D eigenvalue weighted by Crippen LogP contribution is -2.43. The van der Waals surface area contributed by atoms with Crippen molar-refractivity contribution in [3.63, 3.8) is 0 Å². The van der Waals surface area contributed by atoms with Gasteiger partial charge in [-0.05, 0) is 30.5 Å². The molecule has 2 rings (SSSR count). The monoisotopic (exact) mass is 325 g/mol. The number of anilines is 1. The van der Waals surface area contributed by atoms with Gasteiger partial charge >= 0.3 is 6.03 Å². The summed E-state index contributed by atoms with van der Waals surface area (Å²) in [5, 5.41) is 5.48. The van der Waals surface area contributed by atoms with Gasteiger partial charge in [0.15, 0.2) is 9.84 Å². The second-order valence-electron chi connectivity index (χ2n) is 5.81. The quantitative estimate of drug-likeness (QED) is 0.839. The molecule has 0 aromatic heterocycles. The van der Waals surface area contributed by atoms with E-state index in [1.54, 1.807) is 0 Å². The predicted molar refractivity (Wildman–Crippen MR) is 88.1 cm³/mol. The topological polar surface area (TPSA) is 78.5 Å². The number of hydrogen-bond donors (Lipinski definition) is 2. The molecule has 0 bridgehead atoms. The molecule has 2 amide bonds. The highest BCUT2D eigenvalue weighted by Gasteiger charge is 2.28. The molecule has 122 valence electrons. The van der Waals surface area contributed by atoms with Gasteiger partial charge < -0.3 is 15.5 Å². The number of sulfone groups is 1. The first-order valence-corrected chi connectivity index (χ1v) is 9.19. The summed E-state index contributed by atoms with van der Waals surface area (Å²) in [6.07, 6.45) is 1.24. The third-order valence-corrected chi connectivity index (χ3v) is 5.49. The number of carbonyl (C=O) groups is 1. The van der Waals surface area contributed by atoms with Crippen molar-refractivity contribution in [3.8, 4) is 0 Å². The standard InChI is InChI=1S/C15H23N3O3S/c1-18(2)14-5-3-12(4-6-14)7-9-16-15(19)17-13-8-10-22(20,21)11-13/h3-6,13H,7-11H2,1-2H3,(H2,16,17,19)/t13-/m0/s1. The van der Waals surface area contributed by atoms with Gasteiger partial charge in [-0.15, -0.1) is 0 Å². The Hall–Kier alpha value is -1.76. The van der Waals surface area contributed by atoms with Crippen molar-refractivity contribution in [3.05, 3.63) is 29.8 Å². The molecule has 7 heteroatoms. The average Bonchev–Trinajstić information content (AvgIpc) is 2.78. The smallest absolute Gasteiger partial charge is 0.315 e. The molecule has 1 aliphatic heterocycles. The fourth-order valence-electron chi connectivity index (χ4n) is 2.43. The van der Waals surface area contributed by atoms with Gasteiger partial charge in [0, 0.05) is 32.4 Å². The van der Waals surface area contributed by atoms with E-state index in [1.165, 1.54) is 0 Å². The number of rotatable bonds is 5. The zero-order valence-electron chi connectivity index (χ0n) is 13.0. The minimum atomic E-state index is -2.96. The first kappa shape index (κ1) is 16.6. The number of amides is 2. The molecule has 1 fully saturated rings. The summed E-state index contributed by atoms with van der Waals surface area (Å²) in [7, 11) is 1.02. The predicted octanol–water partition coefficient (Wildman–Crippen LogP) is 0.781. The largest absolute Gasteiger partial charge is 0.378 e. The molecule has 2 N–H and O–H groups in total. The summed E-state index contributed by atoms with van der Waals surface area (Å²) in [6, 6.07) is 7.60. The molecule has 1 heterocycles. The normalized spacial score (nSPS) is 19.6. The van der Waals surface area contributed by atoms with E-state index < -0.39 is 9.84 Å². The van der Waals surface area contributed by atoms with Crippen LogP contribution in [0.3, 0.4) is 0 Å². The van der Waals surface area contributed by atoms with Crippen LogP contribution in [0.5, 0.6) is 0 Å². The third-order valence-electron chi connectivity index (χ3n) is 3.72. The first-order valence-electron chi connectivity index (χ1n) is 7.37. The Kier molecular flexibility index (Phi) is 5.28. The zero-order chi connectivity index (χ0) is 16.2. The number of nitrogens with one attached hydrogen (secondary N) is 2. The van der Waals surface area contributed by atoms with Crippen molar-refractivity contribution >= 4 is 21.6 Å². The van der Waals surface area contributed by atoms with E-state index >= 15 is 0 Å². The summed E-state index contributed by atoms with van der Waals surface area (Å²) >= 11 is 0. The lowest BCUT2D eigenvalue weighted by atomic mass is 10.1. The molecule has 1 aromatic rings. The van der Waals surface area contributed by atoms with Crippen molar-refractivity contribution in [2.24, 2.45) is 0 Å². The highest BCUT2D eigenvalue weighted by Crippen LogP contribution is 2.12. The summed E-state index contributed by atoms with van der Waals surface area (Å²) in [5.41, 5.74) is 2.28. The Morgan fingerprint density at radius 1 is 1.27 bits per heavy atom. The van der Waals surface area contributed by atoms with Crippen molar-refractivity contribution < 1.29 is 13.2 Å². The number of nitrogens with zero attached hydrogens (tertiary/aromatic N) is 1. The molecule has 1 saturated heterocycles. The van der Waals surface area contributed by atoms with Crippen LogP contribution >= 0.6 is 0 Å². The Balaban J connectivity index is 1.71. The van der Waals surface area contributed by atoms with E-state index in [2.05, 4.69) is 10.6 Å². The van der Waals surface area contributed by atoms with Crippen molar-refractivity contribution in [1.29, 1.82) is 0 Å². The minimum absolute atomic E-state index is 0.0480. The van der Waals surface area contributed by atoms with Crippen molar-refractivity contribution in [1.82, 2.24) is 10.6 Å². The third kappa shape index (κ3) is 4.91. The summed E-state index contributed by atoms with van der Waals surface area (Å²) in [5.74, 6) is 0.211. The lowest BCUT2D eigenvalue weighted by Gasteiger charge is -2.13. The molecule has 0 unspecified atom stereocenters. The molecule has 1 aliphatic rings. The Bertz CT molecular complexity index is 611. The molecule has 0 spiro atoms. The van der Waals surface area contributed by atoms with Crippen LogP contribution in [0, 0.1) is 0 Å². The zero-order valence-corrected chi connectivity index (χ0v) is 13.8. The Labute approximate surface area is 131 Å². The minimum Gasteiger partial charge on any atom is -0.378 e. The Morgan fingerprint density at radius 2 is 1.95 bits per heavy atom. The molecular formula is C15H23N3O3S. The van der Waals surface area contributed by atoms with Crippen molar-refractivity contribution in [2.45, 2.75) is 18.9 Å². The van der Waals surface area contributed by atoms with Gasteiger partial charge in [0.1, 0.15) is 0 Å². The molecule has 0 radical (unpaired) electrons. The SMILES string of the molecule is CN(C)c1ccc(CCNC(=O)N[C@H]2CCS(=O)(=O)C2)cc1. The van der Waals surface area contributed by atoms with Gasteiger partial charge in [-0.25, -0.2) is 13.2 Å². The van der Waals surface area contributed by atoms with E-state index in [-0.39, 0.29) is 23.6 Å². The first-order chi connectivity index (χ1) is 10.4. The van der Waals surface area contributed by atoms with E-state index in [0.29, 0.717) is 13.0 Å². The average molecular weight is 325 g/mol. The molecule has 1 atom stereocenters. The Morgan fingerprint density at radius 3 is 2.50 bits per heavy atom. The number of urea groups is 1. The van der Waals surface area contributed by atoms with Gasteiger partial charge in [-0.1, -0.05) is 12.1 Å². The van der Waals surface area contributed by atoms with Crippen LogP contribution < -0.4 is 15.5 Å². The number of benzene rings is 1. The van der Waals surface area contributed by atoms with Crippen LogP contribution in [0.4, 0.5) is 10.5 Å². The van der Waals surface area contributed by atoms with E-state index in [4.69, 9.17) is 0 Å². The van der Waals surface area contributed by atoms with Gasteiger partial charge in [0.05, 0.1) is 11.5 Å². The second-order valence-corrected chi connectivity index (χ2v) is 8.04. The molecule has 22 heavy (non-hydrogen) atoms. The van der Waals surface area contributed by atoms with E-state index in [9.17, 15) is 13.2 Å². The van der Waals surface area contributed by atoms with Crippen LogP contribution in [0.15, 0.2) is 24.3 Å². The van der Waals surface area contributed by atoms with Crippen LogP contribution in [-0.4, -0.2) is 52.6 Å². The maximum absolute atomic E-state index is 11.7. The molecular weight excluding hydrogens is 302 g/mol. The highest BCUT2D eigenvalue weighted by atomic mass is 32.2.